The molecule has 5 nitrogen and oxygen atoms in total. The smallest absolute Gasteiger partial charge is 0.340 e. The second-order valence-electron chi connectivity index (χ2n) is 10.0. The molecule has 2 fully saturated rings. The summed E-state index contributed by atoms with van der Waals surface area (Å²) in [6.45, 7) is 1.89. The highest BCUT2D eigenvalue weighted by Gasteiger charge is 2.40. The third kappa shape index (κ3) is 5.02. The average molecular weight is 482 g/mol. The van der Waals surface area contributed by atoms with Crippen molar-refractivity contribution in [1.82, 2.24) is 14.4 Å². The number of hydrogen-bond donors (Lipinski definition) is 0. The number of fused-ring (bicyclic) bond motifs is 3. The monoisotopic (exact) mass is 481 g/mol. The van der Waals surface area contributed by atoms with Gasteiger partial charge in [-0.3, -0.25) is 0 Å². The number of hydrogen-bond acceptors (Lipinski definition) is 4. The molecule has 34 heavy (non-hydrogen) atoms. The van der Waals surface area contributed by atoms with Gasteiger partial charge in [0, 0.05) is 48.6 Å². The maximum Gasteiger partial charge on any atom is 0.340 e. The van der Waals surface area contributed by atoms with Crippen molar-refractivity contribution in [3.8, 4) is 11.1 Å². The molecule has 2 aliphatic heterocycles. The normalized spacial score (nSPS) is 22.2. The second kappa shape index (κ2) is 10.5. The molecule has 0 aliphatic carbocycles. The summed E-state index contributed by atoms with van der Waals surface area (Å²) < 4.78 is 8.35. The molecule has 1 unspecified atom stereocenters. The molecular formula is C28H36ClN3O2. The maximum absolute atomic E-state index is 13.4. The number of aromatic nitrogens is 1. The molecule has 3 aromatic rings. The SMILES string of the molecule is CN(C)CCCn1cc(C(=O)OC2C[C@H]3CC[C@@H](C2)N3C)c2cc(-c3ccccc3)ccc21.Cl. The number of halogens is 1. The minimum atomic E-state index is -0.175. The maximum atomic E-state index is 13.4. The molecule has 6 heteroatoms. The van der Waals surface area contributed by atoms with Gasteiger partial charge in [0.1, 0.15) is 6.10 Å². The number of piperidine rings is 1. The fourth-order valence-corrected chi connectivity index (χ4v) is 5.68. The number of aryl methyl sites for hydroxylation is 1. The molecule has 0 saturated carbocycles. The van der Waals surface area contributed by atoms with Gasteiger partial charge in [0.15, 0.2) is 0 Å². The molecule has 0 spiro atoms. The van der Waals surface area contributed by atoms with Crippen molar-refractivity contribution >= 4 is 29.3 Å². The molecule has 3 atom stereocenters. The summed E-state index contributed by atoms with van der Waals surface area (Å²) in [6.07, 6.45) is 7.42. The first-order valence-electron chi connectivity index (χ1n) is 12.3. The van der Waals surface area contributed by atoms with Crippen LogP contribution in [0.4, 0.5) is 0 Å². The highest BCUT2D eigenvalue weighted by Crippen LogP contribution is 2.36. The highest BCUT2D eigenvalue weighted by atomic mass is 35.5. The van der Waals surface area contributed by atoms with E-state index in [1.54, 1.807) is 0 Å². The Morgan fingerprint density at radius 3 is 2.41 bits per heavy atom. The van der Waals surface area contributed by atoms with Crippen molar-refractivity contribution in [1.29, 1.82) is 0 Å². The van der Waals surface area contributed by atoms with Gasteiger partial charge in [-0.1, -0.05) is 36.4 Å². The Kier molecular flexibility index (Phi) is 7.66. The lowest BCUT2D eigenvalue weighted by atomic mass is 10.0. The van der Waals surface area contributed by atoms with Gasteiger partial charge in [0.05, 0.1) is 5.56 Å². The average Bonchev–Trinajstić information content (AvgIpc) is 3.25. The summed E-state index contributed by atoms with van der Waals surface area (Å²) in [6, 6.07) is 17.9. The lowest BCUT2D eigenvalue weighted by Crippen LogP contribution is -2.43. The Bertz CT molecular complexity index is 1110. The van der Waals surface area contributed by atoms with Gasteiger partial charge in [0.25, 0.3) is 0 Å². The zero-order chi connectivity index (χ0) is 22.9. The zero-order valence-corrected chi connectivity index (χ0v) is 21.3. The van der Waals surface area contributed by atoms with Crippen LogP contribution in [0.3, 0.4) is 0 Å². The number of rotatable bonds is 7. The van der Waals surface area contributed by atoms with Crippen molar-refractivity contribution in [2.24, 2.45) is 0 Å². The molecule has 0 N–H and O–H groups in total. The van der Waals surface area contributed by atoms with Crippen molar-refractivity contribution in [3.05, 3.63) is 60.3 Å². The predicted octanol–water partition coefficient (Wildman–Crippen LogP) is 5.46. The first-order valence-corrected chi connectivity index (χ1v) is 12.3. The number of ether oxygens (including phenoxy) is 1. The van der Waals surface area contributed by atoms with Crippen LogP contribution in [0.5, 0.6) is 0 Å². The Labute approximate surface area is 209 Å². The van der Waals surface area contributed by atoms with Gasteiger partial charge in [-0.05, 0) is 70.2 Å². The van der Waals surface area contributed by atoms with Gasteiger partial charge < -0.3 is 19.1 Å². The summed E-state index contributed by atoms with van der Waals surface area (Å²) in [5.74, 6) is -0.175. The highest BCUT2D eigenvalue weighted by molar-refractivity contribution is 6.05. The summed E-state index contributed by atoms with van der Waals surface area (Å²) in [5.41, 5.74) is 4.08. The largest absolute Gasteiger partial charge is 0.459 e. The predicted molar refractivity (Wildman–Crippen MR) is 141 cm³/mol. The Morgan fingerprint density at radius 1 is 1.03 bits per heavy atom. The first kappa shape index (κ1) is 24.8. The molecule has 2 aliphatic rings. The van der Waals surface area contributed by atoms with Gasteiger partial charge in [0.2, 0.25) is 0 Å². The van der Waals surface area contributed by atoms with Gasteiger partial charge >= 0.3 is 5.97 Å². The van der Waals surface area contributed by atoms with Crippen LogP contribution >= 0.6 is 12.4 Å². The first-order chi connectivity index (χ1) is 16.0. The van der Waals surface area contributed by atoms with E-state index < -0.39 is 0 Å². The van der Waals surface area contributed by atoms with Crippen molar-refractivity contribution < 1.29 is 9.53 Å². The number of esters is 1. The van der Waals surface area contributed by atoms with Crippen LogP contribution in [0.1, 0.15) is 42.5 Å². The summed E-state index contributed by atoms with van der Waals surface area (Å²) >= 11 is 0. The van der Waals surface area contributed by atoms with Crippen molar-refractivity contribution in [2.45, 2.75) is 56.8 Å². The van der Waals surface area contributed by atoms with E-state index in [1.807, 2.05) is 12.3 Å². The molecule has 182 valence electrons. The lowest BCUT2D eigenvalue weighted by Gasteiger charge is -2.35. The van der Waals surface area contributed by atoms with Crippen LogP contribution in [0, 0.1) is 0 Å². The summed E-state index contributed by atoms with van der Waals surface area (Å²) in [4.78, 5) is 18.1. The minimum absolute atomic E-state index is 0. The topological polar surface area (TPSA) is 37.7 Å². The van der Waals surface area contributed by atoms with E-state index in [1.165, 1.54) is 12.8 Å². The summed E-state index contributed by atoms with van der Waals surface area (Å²) in [5, 5.41) is 0.988. The second-order valence-corrected chi connectivity index (χ2v) is 10.0. The molecular weight excluding hydrogens is 446 g/mol. The van der Waals surface area contributed by atoms with E-state index in [-0.39, 0.29) is 24.5 Å². The van der Waals surface area contributed by atoms with Crippen LogP contribution in [-0.4, -0.2) is 66.2 Å². The molecule has 2 saturated heterocycles. The molecule has 1 aromatic heterocycles. The number of carbonyl (C=O) groups is 1. The van der Waals surface area contributed by atoms with Crippen LogP contribution in [0.2, 0.25) is 0 Å². The van der Waals surface area contributed by atoms with E-state index in [2.05, 4.69) is 78.0 Å². The third-order valence-corrected chi connectivity index (χ3v) is 7.54. The number of carbonyl (C=O) groups excluding carboxylic acids is 1. The van der Waals surface area contributed by atoms with E-state index in [0.29, 0.717) is 17.6 Å². The standard InChI is InChI=1S/C28H35N3O2.ClH/c1-29(2)14-7-15-31-19-26(28(32)33-24-17-22-11-12-23(18-24)30(22)3)25-16-21(10-13-27(25)31)20-8-5-4-6-9-20;/h4-6,8-10,13,16,19,22-24H,7,11-12,14-15,17-18H2,1-3H3;1H/t22-,23+,24?;. The van der Waals surface area contributed by atoms with Crippen LogP contribution in [0.25, 0.3) is 22.0 Å². The zero-order valence-electron chi connectivity index (χ0n) is 20.4. The van der Waals surface area contributed by atoms with E-state index in [9.17, 15) is 4.79 Å². The fourth-order valence-electron chi connectivity index (χ4n) is 5.68. The number of benzene rings is 2. The Balaban J connectivity index is 0.00000274. The number of nitrogens with zero attached hydrogens (tertiary/aromatic N) is 3. The summed E-state index contributed by atoms with van der Waals surface area (Å²) in [7, 11) is 6.40. The Morgan fingerprint density at radius 2 is 1.74 bits per heavy atom. The van der Waals surface area contributed by atoms with E-state index in [0.717, 1.165) is 54.4 Å². The van der Waals surface area contributed by atoms with Crippen molar-refractivity contribution in [2.75, 3.05) is 27.7 Å². The molecule has 5 rings (SSSR count). The quantitative estimate of drug-likeness (QED) is 0.420. The van der Waals surface area contributed by atoms with Gasteiger partial charge in [-0.15, -0.1) is 12.4 Å². The molecule has 2 aromatic carbocycles. The third-order valence-electron chi connectivity index (χ3n) is 7.54. The van der Waals surface area contributed by atoms with E-state index in [4.69, 9.17) is 4.74 Å². The molecule has 2 bridgehead atoms. The van der Waals surface area contributed by atoms with Gasteiger partial charge in [-0.25, -0.2) is 4.79 Å². The van der Waals surface area contributed by atoms with E-state index >= 15 is 0 Å². The van der Waals surface area contributed by atoms with Crippen LogP contribution in [0.15, 0.2) is 54.7 Å². The Hall–Kier alpha value is -2.34. The minimum Gasteiger partial charge on any atom is -0.459 e. The van der Waals surface area contributed by atoms with Gasteiger partial charge in [-0.2, -0.15) is 0 Å². The lowest BCUT2D eigenvalue weighted by molar-refractivity contribution is -0.000284. The van der Waals surface area contributed by atoms with Crippen LogP contribution < -0.4 is 0 Å². The molecule has 0 radical (unpaired) electrons. The van der Waals surface area contributed by atoms with Crippen molar-refractivity contribution in [3.63, 3.8) is 0 Å². The van der Waals surface area contributed by atoms with Crippen LogP contribution in [-0.2, 0) is 11.3 Å². The molecule has 0 amide bonds. The molecule has 3 heterocycles. The fraction of sp³-hybridized carbons (Fsp3) is 0.464.